The maximum Gasteiger partial charge on any atom is 0.251 e. The lowest BCUT2D eigenvalue weighted by atomic mass is 10.1. The third-order valence-electron chi connectivity index (χ3n) is 4.38. The van der Waals surface area contributed by atoms with Crippen LogP contribution in [0.4, 0.5) is 0 Å². The van der Waals surface area contributed by atoms with Crippen LogP contribution in [0, 0.1) is 0 Å². The number of nitrogens with one attached hydrogen (secondary N) is 2. The molecule has 3 aromatic carbocycles. The number of benzene rings is 3. The van der Waals surface area contributed by atoms with Gasteiger partial charge in [-0.25, -0.2) is 13.1 Å². The van der Waals surface area contributed by atoms with E-state index in [2.05, 4.69) is 10.0 Å². The quantitative estimate of drug-likeness (QED) is 0.532. The van der Waals surface area contributed by atoms with Gasteiger partial charge in [0.25, 0.3) is 5.91 Å². The molecule has 0 unspecified atom stereocenters. The van der Waals surface area contributed by atoms with Gasteiger partial charge in [-0.15, -0.1) is 0 Å². The smallest absolute Gasteiger partial charge is 0.251 e. The zero-order chi connectivity index (χ0) is 20.7. The minimum Gasteiger partial charge on any atom is -0.387 e. The molecule has 0 fully saturated rings. The zero-order valence-corrected chi connectivity index (χ0v) is 16.5. The fourth-order valence-corrected chi connectivity index (χ4v) is 3.76. The number of amides is 1. The highest BCUT2D eigenvalue weighted by atomic mass is 32.2. The summed E-state index contributed by atoms with van der Waals surface area (Å²) in [7, 11) is -3.59. The molecule has 0 saturated heterocycles. The van der Waals surface area contributed by atoms with E-state index in [4.69, 9.17) is 0 Å². The molecule has 0 bridgehead atoms. The van der Waals surface area contributed by atoms with Crippen LogP contribution in [0.5, 0.6) is 0 Å². The average molecular weight is 410 g/mol. The third kappa shape index (κ3) is 5.74. The average Bonchev–Trinajstić information content (AvgIpc) is 2.77. The van der Waals surface area contributed by atoms with Gasteiger partial charge in [-0.3, -0.25) is 4.79 Å². The van der Waals surface area contributed by atoms with Gasteiger partial charge in [0.15, 0.2) is 0 Å². The molecule has 3 N–H and O–H groups in total. The van der Waals surface area contributed by atoms with E-state index in [1.54, 1.807) is 54.6 Å². The number of aliphatic hydroxyl groups is 1. The number of hydrogen-bond acceptors (Lipinski definition) is 4. The summed E-state index contributed by atoms with van der Waals surface area (Å²) in [6.45, 7) is 0.216. The lowest BCUT2D eigenvalue weighted by Crippen LogP contribution is -2.28. The number of carbonyl (C=O) groups excluding carboxylic acids is 1. The first-order valence-electron chi connectivity index (χ1n) is 9.10. The van der Waals surface area contributed by atoms with Crippen molar-refractivity contribution in [2.24, 2.45) is 0 Å². The molecule has 0 heterocycles. The van der Waals surface area contributed by atoms with Gasteiger partial charge in [0.1, 0.15) is 0 Å². The molecule has 0 saturated carbocycles. The largest absolute Gasteiger partial charge is 0.387 e. The highest BCUT2D eigenvalue weighted by molar-refractivity contribution is 7.89. The Labute approximate surface area is 170 Å². The van der Waals surface area contributed by atoms with Crippen LogP contribution in [-0.4, -0.2) is 26.0 Å². The molecule has 1 amide bonds. The second-order valence-electron chi connectivity index (χ2n) is 6.47. The molecule has 0 aliphatic carbocycles. The molecule has 0 aliphatic rings. The van der Waals surface area contributed by atoms with Crippen LogP contribution in [0.3, 0.4) is 0 Å². The molecule has 3 aromatic rings. The van der Waals surface area contributed by atoms with Gasteiger partial charge in [0.05, 0.1) is 11.0 Å². The SMILES string of the molecule is O=C(NC[C@@H](O)c1ccccc1)c1ccc(CNS(=O)(=O)c2ccccc2)cc1. The molecule has 150 valence electrons. The number of carbonyl (C=O) groups is 1. The van der Waals surface area contributed by atoms with Crippen LogP contribution in [0.2, 0.25) is 0 Å². The molecule has 0 spiro atoms. The highest BCUT2D eigenvalue weighted by Crippen LogP contribution is 2.12. The summed E-state index contributed by atoms with van der Waals surface area (Å²) >= 11 is 0. The zero-order valence-electron chi connectivity index (χ0n) is 15.7. The van der Waals surface area contributed by atoms with Crippen LogP contribution >= 0.6 is 0 Å². The van der Waals surface area contributed by atoms with Gasteiger partial charge in [0, 0.05) is 18.7 Å². The van der Waals surface area contributed by atoms with E-state index in [1.807, 2.05) is 18.2 Å². The maximum absolute atomic E-state index is 12.3. The van der Waals surface area contributed by atoms with E-state index in [1.165, 1.54) is 12.1 Å². The number of aliphatic hydroxyl groups excluding tert-OH is 1. The van der Waals surface area contributed by atoms with E-state index in [-0.39, 0.29) is 23.9 Å². The summed E-state index contributed by atoms with van der Waals surface area (Å²) in [5.74, 6) is -0.309. The van der Waals surface area contributed by atoms with Gasteiger partial charge in [-0.2, -0.15) is 0 Å². The third-order valence-corrected chi connectivity index (χ3v) is 5.79. The van der Waals surface area contributed by atoms with Crippen molar-refractivity contribution >= 4 is 15.9 Å². The van der Waals surface area contributed by atoms with Crippen LogP contribution < -0.4 is 10.0 Å². The van der Waals surface area contributed by atoms with Crippen molar-refractivity contribution in [2.45, 2.75) is 17.5 Å². The summed E-state index contributed by atoms with van der Waals surface area (Å²) in [5, 5.41) is 12.8. The molecule has 7 heteroatoms. The Kier molecular flexibility index (Phi) is 6.77. The van der Waals surface area contributed by atoms with Crippen molar-refractivity contribution in [1.29, 1.82) is 0 Å². The first-order chi connectivity index (χ1) is 14.0. The molecular formula is C22H22N2O4S. The molecule has 6 nitrogen and oxygen atoms in total. The van der Waals surface area contributed by atoms with Crippen molar-refractivity contribution in [2.75, 3.05) is 6.54 Å². The van der Waals surface area contributed by atoms with E-state index in [0.717, 1.165) is 11.1 Å². The summed E-state index contributed by atoms with van der Waals surface area (Å²) < 4.78 is 27.0. The van der Waals surface area contributed by atoms with E-state index in [9.17, 15) is 18.3 Å². The highest BCUT2D eigenvalue weighted by Gasteiger charge is 2.13. The fraction of sp³-hybridized carbons (Fsp3) is 0.136. The van der Waals surface area contributed by atoms with Crippen molar-refractivity contribution in [3.8, 4) is 0 Å². The minimum absolute atomic E-state index is 0.0987. The van der Waals surface area contributed by atoms with Gasteiger partial charge >= 0.3 is 0 Å². The monoisotopic (exact) mass is 410 g/mol. The van der Waals surface area contributed by atoms with E-state index >= 15 is 0 Å². The Balaban J connectivity index is 1.53. The minimum atomic E-state index is -3.59. The normalized spacial score (nSPS) is 12.3. The Morgan fingerprint density at radius 1 is 0.862 bits per heavy atom. The van der Waals surface area contributed by atoms with Crippen molar-refractivity contribution in [3.63, 3.8) is 0 Å². The summed E-state index contributed by atoms with van der Waals surface area (Å²) in [6.07, 6.45) is -0.785. The Morgan fingerprint density at radius 2 is 1.45 bits per heavy atom. The van der Waals surface area contributed by atoms with Crippen molar-refractivity contribution in [3.05, 3.63) is 102 Å². The van der Waals surface area contributed by atoms with Gasteiger partial charge in [-0.05, 0) is 35.4 Å². The molecule has 3 rings (SSSR count). The first kappa shape index (κ1) is 20.7. The summed E-state index contributed by atoms with van der Waals surface area (Å²) in [6, 6.07) is 23.9. The first-order valence-corrected chi connectivity index (χ1v) is 10.6. The lowest BCUT2D eigenvalue weighted by Gasteiger charge is -2.12. The molecule has 0 radical (unpaired) electrons. The Bertz CT molecular complexity index is 1040. The number of hydrogen-bond donors (Lipinski definition) is 3. The van der Waals surface area contributed by atoms with Crippen molar-refractivity contribution in [1.82, 2.24) is 10.0 Å². The molecule has 1 atom stereocenters. The Hall–Kier alpha value is -3.00. The van der Waals surface area contributed by atoms with Crippen LogP contribution in [0.1, 0.15) is 27.6 Å². The summed E-state index contributed by atoms with van der Waals surface area (Å²) in [4.78, 5) is 12.5. The predicted molar refractivity (Wildman–Crippen MR) is 111 cm³/mol. The van der Waals surface area contributed by atoms with E-state index < -0.39 is 16.1 Å². The second-order valence-corrected chi connectivity index (χ2v) is 8.24. The lowest BCUT2D eigenvalue weighted by molar-refractivity contribution is 0.0916. The second kappa shape index (κ2) is 9.47. The van der Waals surface area contributed by atoms with Crippen LogP contribution in [0.15, 0.2) is 89.8 Å². The standard InChI is InChI=1S/C22H22N2O4S/c25-21(18-7-3-1-4-8-18)16-23-22(26)19-13-11-17(12-14-19)15-24-29(27,28)20-9-5-2-6-10-20/h1-14,21,24-25H,15-16H2,(H,23,26)/t21-/m1/s1. The van der Waals surface area contributed by atoms with Gasteiger partial charge in [-0.1, -0.05) is 60.7 Å². The van der Waals surface area contributed by atoms with E-state index in [0.29, 0.717) is 5.56 Å². The van der Waals surface area contributed by atoms with Gasteiger partial charge < -0.3 is 10.4 Å². The fourth-order valence-electron chi connectivity index (χ4n) is 2.72. The number of rotatable bonds is 8. The van der Waals surface area contributed by atoms with Gasteiger partial charge in [0.2, 0.25) is 10.0 Å². The van der Waals surface area contributed by atoms with Crippen LogP contribution in [-0.2, 0) is 16.6 Å². The molecular weight excluding hydrogens is 388 g/mol. The Morgan fingerprint density at radius 3 is 2.07 bits per heavy atom. The van der Waals surface area contributed by atoms with Crippen LogP contribution in [0.25, 0.3) is 0 Å². The molecule has 0 aromatic heterocycles. The maximum atomic E-state index is 12.3. The topological polar surface area (TPSA) is 95.5 Å². The molecule has 29 heavy (non-hydrogen) atoms. The summed E-state index contributed by atoms with van der Waals surface area (Å²) in [5.41, 5.74) is 1.89. The predicted octanol–water partition coefficient (Wildman–Crippen LogP) is 2.63. The molecule has 0 aliphatic heterocycles. The van der Waals surface area contributed by atoms with Crippen molar-refractivity contribution < 1.29 is 18.3 Å². The number of sulfonamides is 1.